The van der Waals surface area contributed by atoms with E-state index in [0.717, 1.165) is 21.4 Å². The molecule has 0 aliphatic carbocycles. The summed E-state index contributed by atoms with van der Waals surface area (Å²) < 4.78 is 16.1. The molecule has 148 valence electrons. The third-order valence-electron chi connectivity index (χ3n) is 4.87. The molecule has 4 rings (SSSR count). The topological polar surface area (TPSA) is 89.5 Å². The molecule has 0 saturated heterocycles. The molecular weight excluding hydrogens is 395 g/mol. The average molecular weight is 412 g/mol. The van der Waals surface area contributed by atoms with E-state index in [4.69, 9.17) is 0 Å². The molecule has 1 atom stereocenters. The van der Waals surface area contributed by atoms with E-state index in [1.807, 2.05) is 6.92 Å². The fourth-order valence-electron chi connectivity index (χ4n) is 3.42. The molecule has 0 aliphatic heterocycles. The highest BCUT2D eigenvalue weighted by molar-refractivity contribution is 7.80. The van der Waals surface area contributed by atoms with Gasteiger partial charge in [-0.25, -0.2) is 18.7 Å². The number of rotatable bonds is 5. The summed E-state index contributed by atoms with van der Waals surface area (Å²) in [5, 5.41) is 14.2. The fourth-order valence-corrected chi connectivity index (χ4v) is 3.75. The molecule has 0 saturated carbocycles. The molecule has 1 aromatic carbocycles. The van der Waals surface area contributed by atoms with Gasteiger partial charge in [0.05, 0.1) is 16.6 Å². The first kappa shape index (κ1) is 19.1. The van der Waals surface area contributed by atoms with Gasteiger partial charge in [0.15, 0.2) is 5.65 Å². The molecule has 0 unspecified atom stereocenters. The largest absolute Gasteiger partial charge is 0.480 e. The van der Waals surface area contributed by atoms with Crippen LogP contribution in [0, 0.1) is 5.82 Å². The number of thiol groups is 1. The van der Waals surface area contributed by atoms with Gasteiger partial charge >= 0.3 is 5.97 Å². The van der Waals surface area contributed by atoms with E-state index in [-0.39, 0.29) is 17.0 Å². The van der Waals surface area contributed by atoms with E-state index in [1.54, 1.807) is 22.7 Å². The van der Waals surface area contributed by atoms with Gasteiger partial charge in [-0.3, -0.25) is 9.36 Å². The minimum absolute atomic E-state index is 0.0209. The first-order valence-electron chi connectivity index (χ1n) is 8.97. The summed E-state index contributed by atoms with van der Waals surface area (Å²) in [6.07, 6.45) is 3.48. The molecule has 0 bridgehead atoms. The number of carboxylic acids is 1. The highest BCUT2D eigenvalue weighted by Crippen LogP contribution is 2.29. The second-order valence-electron chi connectivity index (χ2n) is 6.54. The van der Waals surface area contributed by atoms with E-state index in [9.17, 15) is 19.1 Å². The highest BCUT2D eigenvalue weighted by atomic mass is 32.1. The van der Waals surface area contributed by atoms with Crippen LogP contribution < -0.4 is 5.56 Å². The standard InChI is InChI=1S/C20H17FN4O3S/c1-2-14-17(11-3-5-12(21)6-4-11)18-22-9-13-15(25(18)23-14)7-8-24(19(13)26)16(10-29)20(27)28/h3-9,16,29H,2,10H2,1H3,(H,27,28)/t16-/m1/s1. The number of fused-ring (bicyclic) bond motifs is 3. The number of hydrogen-bond acceptors (Lipinski definition) is 5. The first-order chi connectivity index (χ1) is 14.0. The van der Waals surface area contributed by atoms with Crippen LogP contribution in [0.2, 0.25) is 0 Å². The molecule has 1 N–H and O–H groups in total. The molecule has 3 aromatic heterocycles. The molecule has 29 heavy (non-hydrogen) atoms. The van der Waals surface area contributed by atoms with Crippen LogP contribution in [0.3, 0.4) is 0 Å². The third kappa shape index (κ3) is 3.07. The molecule has 0 spiro atoms. The summed E-state index contributed by atoms with van der Waals surface area (Å²) in [6.45, 7) is 1.95. The van der Waals surface area contributed by atoms with Crippen LogP contribution in [-0.2, 0) is 11.2 Å². The Morgan fingerprint density at radius 2 is 2.00 bits per heavy atom. The van der Waals surface area contributed by atoms with Crippen molar-refractivity contribution in [3.8, 4) is 11.1 Å². The molecule has 4 aromatic rings. The van der Waals surface area contributed by atoms with Gasteiger partial charge in [-0.2, -0.15) is 17.7 Å². The van der Waals surface area contributed by atoms with Gasteiger partial charge in [0.2, 0.25) is 0 Å². The van der Waals surface area contributed by atoms with Crippen molar-refractivity contribution in [2.24, 2.45) is 0 Å². The van der Waals surface area contributed by atoms with Crippen LogP contribution >= 0.6 is 12.6 Å². The number of halogens is 1. The Labute approximate surface area is 169 Å². The summed E-state index contributed by atoms with van der Waals surface area (Å²) >= 11 is 4.04. The molecule has 0 radical (unpaired) electrons. The van der Waals surface area contributed by atoms with Crippen molar-refractivity contribution in [2.75, 3.05) is 5.75 Å². The zero-order valence-electron chi connectivity index (χ0n) is 15.4. The quantitative estimate of drug-likeness (QED) is 0.492. The van der Waals surface area contributed by atoms with Crippen molar-refractivity contribution in [3.63, 3.8) is 0 Å². The lowest BCUT2D eigenvalue weighted by molar-refractivity contribution is -0.140. The molecular formula is C20H17FN4O3S. The van der Waals surface area contributed by atoms with Gasteiger partial charge in [0.25, 0.3) is 5.56 Å². The van der Waals surface area contributed by atoms with E-state index in [2.05, 4.69) is 22.7 Å². The lowest BCUT2D eigenvalue weighted by Gasteiger charge is -2.14. The Balaban J connectivity index is 2.00. The summed E-state index contributed by atoms with van der Waals surface area (Å²) in [5.41, 5.74) is 2.90. The van der Waals surface area contributed by atoms with Crippen LogP contribution in [0.1, 0.15) is 18.7 Å². The van der Waals surface area contributed by atoms with Gasteiger partial charge in [0, 0.05) is 23.7 Å². The minimum atomic E-state index is -1.14. The van der Waals surface area contributed by atoms with Gasteiger partial charge < -0.3 is 5.11 Å². The number of nitrogens with zero attached hydrogens (tertiary/aromatic N) is 4. The lowest BCUT2D eigenvalue weighted by Crippen LogP contribution is -2.31. The molecule has 0 amide bonds. The van der Waals surface area contributed by atoms with E-state index >= 15 is 0 Å². The number of aryl methyl sites for hydroxylation is 1. The SMILES string of the molecule is CCc1nn2c(ncc3c(=O)n([C@H](CS)C(=O)O)ccc32)c1-c1ccc(F)cc1. The number of hydrogen-bond donors (Lipinski definition) is 2. The van der Waals surface area contributed by atoms with E-state index < -0.39 is 17.6 Å². The summed E-state index contributed by atoms with van der Waals surface area (Å²) in [5.74, 6) is -1.49. The zero-order valence-corrected chi connectivity index (χ0v) is 16.3. The van der Waals surface area contributed by atoms with Crippen LogP contribution in [0.25, 0.3) is 27.7 Å². The average Bonchev–Trinajstić information content (AvgIpc) is 3.09. The van der Waals surface area contributed by atoms with E-state index in [1.165, 1.54) is 24.5 Å². The molecule has 9 heteroatoms. The first-order valence-corrected chi connectivity index (χ1v) is 9.60. The molecule has 7 nitrogen and oxygen atoms in total. The Bertz CT molecular complexity index is 1300. The van der Waals surface area contributed by atoms with Gasteiger partial charge in [-0.15, -0.1) is 0 Å². The van der Waals surface area contributed by atoms with Crippen molar-refractivity contribution in [1.82, 2.24) is 19.2 Å². The third-order valence-corrected chi connectivity index (χ3v) is 5.22. The van der Waals surface area contributed by atoms with Gasteiger partial charge in [-0.1, -0.05) is 19.1 Å². The van der Waals surface area contributed by atoms with Crippen LogP contribution in [0.4, 0.5) is 4.39 Å². The summed E-state index contributed by atoms with van der Waals surface area (Å²) in [4.78, 5) is 28.8. The summed E-state index contributed by atoms with van der Waals surface area (Å²) in [7, 11) is 0. The number of benzene rings is 1. The maximum atomic E-state index is 13.3. The number of carboxylic acid groups (broad SMARTS) is 1. The van der Waals surface area contributed by atoms with Crippen LogP contribution in [0.15, 0.2) is 47.5 Å². The zero-order chi connectivity index (χ0) is 20.7. The predicted molar refractivity (Wildman–Crippen MR) is 110 cm³/mol. The fraction of sp³-hybridized carbons (Fsp3) is 0.200. The lowest BCUT2D eigenvalue weighted by atomic mass is 10.0. The summed E-state index contributed by atoms with van der Waals surface area (Å²) in [6, 6.07) is 6.65. The Morgan fingerprint density at radius 3 is 2.62 bits per heavy atom. The van der Waals surface area contributed by atoms with Crippen molar-refractivity contribution >= 4 is 35.1 Å². The highest BCUT2D eigenvalue weighted by Gasteiger charge is 2.22. The maximum absolute atomic E-state index is 13.3. The monoisotopic (exact) mass is 412 g/mol. The smallest absolute Gasteiger partial charge is 0.327 e. The number of pyridine rings is 1. The van der Waals surface area contributed by atoms with E-state index in [0.29, 0.717) is 17.6 Å². The van der Waals surface area contributed by atoms with Crippen molar-refractivity contribution in [2.45, 2.75) is 19.4 Å². The van der Waals surface area contributed by atoms with Crippen LogP contribution in [-0.4, -0.2) is 36.0 Å². The second-order valence-corrected chi connectivity index (χ2v) is 6.90. The number of aromatic nitrogens is 4. The van der Waals surface area contributed by atoms with Crippen molar-refractivity contribution in [3.05, 3.63) is 64.6 Å². The normalized spacial score (nSPS) is 12.5. The Morgan fingerprint density at radius 1 is 1.28 bits per heavy atom. The van der Waals surface area contributed by atoms with Crippen LogP contribution in [0.5, 0.6) is 0 Å². The van der Waals surface area contributed by atoms with Gasteiger partial charge in [-0.05, 0) is 30.2 Å². The van der Waals surface area contributed by atoms with Gasteiger partial charge in [0.1, 0.15) is 11.9 Å². The van der Waals surface area contributed by atoms with Crippen molar-refractivity contribution < 1.29 is 14.3 Å². The van der Waals surface area contributed by atoms with Crippen molar-refractivity contribution in [1.29, 1.82) is 0 Å². The number of carbonyl (C=O) groups is 1. The molecule has 3 heterocycles. The predicted octanol–water partition coefficient (Wildman–Crippen LogP) is 2.97. The molecule has 0 aliphatic rings. The Hall–Kier alpha value is -3.20. The minimum Gasteiger partial charge on any atom is -0.480 e. The Kier molecular flexibility index (Phi) is 4.83. The second kappa shape index (κ2) is 7.32. The maximum Gasteiger partial charge on any atom is 0.327 e. The number of aliphatic carboxylic acids is 1. The molecule has 0 fully saturated rings.